The highest BCUT2D eigenvalue weighted by atomic mass is 16.6. The van der Waals surface area contributed by atoms with Crippen LogP contribution in [0.5, 0.6) is 5.75 Å². The summed E-state index contributed by atoms with van der Waals surface area (Å²) in [5, 5.41) is 17.9. The van der Waals surface area contributed by atoms with E-state index in [1.54, 1.807) is 33.8 Å². The third kappa shape index (κ3) is 9.11. The van der Waals surface area contributed by atoms with E-state index in [2.05, 4.69) is 25.5 Å². The number of nitrogens with zero attached hydrogens (tertiary/aromatic N) is 6. The predicted octanol–water partition coefficient (Wildman–Crippen LogP) is 3.83. The van der Waals surface area contributed by atoms with Crippen LogP contribution in [-0.2, 0) is 29.1 Å². The summed E-state index contributed by atoms with van der Waals surface area (Å²) in [6, 6.07) is 6.73. The van der Waals surface area contributed by atoms with Crippen molar-refractivity contribution in [2.75, 3.05) is 42.9 Å². The van der Waals surface area contributed by atoms with Crippen molar-refractivity contribution in [1.29, 1.82) is 0 Å². The minimum Gasteiger partial charge on any atom is -0.486 e. The van der Waals surface area contributed by atoms with Crippen LogP contribution in [0.4, 0.5) is 16.6 Å². The first kappa shape index (κ1) is 36.9. The molecule has 52 heavy (non-hydrogen) atoms. The molecule has 3 aromatic rings. The first-order chi connectivity index (χ1) is 24.8. The normalized spacial score (nSPS) is 18.5. The number of ether oxygens (including phenoxy) is 2. The summed E-state index contributed by atoms with van der Waals surface area (Å²) >= 11 is 0. The molecular weight excluding hydrogens is 668 g/mol. The zero-order valence-electron chi connectivity index (χ0n) is 30.7. The van der Waals surface area contributed by atoms with E-state index in [1.165, 1.54) is 11.3 Å². The van der Waals surface area contributed by atoms with E-state index in [0.717, 1.165) is 55.6 Å². The Labute approximate surface area is 304 Å². The predicted molar refractivity (Wildman–Crippen MR) is 192 cm³/mol. The Morgan fingerprint density at radius 3 is 2.48 bits per heavy atom. The zero-order valence-corrected chi connectivity index (χ0v) is 30.7. The van der Waals surface area contributed by atoms with Gasteiger partial charge in [0, 0.05) is 58.3 Å². The summed E-state index contributed by atoms with van der Waals surface area (Å²) in [6.07, 6.45) is 3.63. The lowest BCUT2D eigenvalue weighted by Crippen LogP contribution is -2.54. The van der Waals surface area contributed by atoms with E-state index < -0.39 is 29.7 Å². The molecule has 5 heterocycles. The number of piperidine rings is 1. The number of anilines is 2. The van der Waals surface area contributed by atoms with Gasteiger partial charge < -0.3 is 39.4 Å². The maximum atomic E-state index is 13.6. The molecule has 6 rings (SSSR count). The maximum Gasteiger partial charge on any atom is 0.410 e. The molecule has 0 aliphatic carbocycles. The second-order valence-corrected chi connectivity index (χ2v) is 14.8. The van der Waals surface area contributed by atoms with Crippen molar-refractivity contribution in [3.63, 3.8) is 0 Å². The minimum absolute atomic E-state index is 0.0681. The fourth-order valence-electron chi connectivity index (χ4n) is 6.81. The maximum absolute atomic E-state index is 13.6. The number of aryl methyl sites for hydroxylation is 1. The van der Waals surface area contributed by atoms with Crippen LogP contribution in [0.25, 0.3) is 0 Å². The summed E-state index contributed by atoms with van der Waals surface area (Å²) in [7, 11) is 0. The Bertz CT molecular complexity index is 1740. The molecule has 15 nitrogen and oxygen atoms in total. The molecule has 3 aliphatic heterocycles. The number of hydrogen-bond acceptors (Lipinski definition) is 12. The molecule has 0 radical (unpaired) electrons. The number of aliphatic hydroxyl groups excluding tert-OH is 1. The number of hydrogen-bond donors (Lipinski definition) is 3. The van der Waals surface area contributed by atoms with Gasteiger partial charge in [0.15, 0.2) is 12.2 Å². The lowest BCUT2D eigenvalue weighted by Gasteiger charge is -2.40. The quantitative estimate of drug-likeness (QED) is 0.277. The fraction of sp³-hybridized carbons (Fsp3) is 0.568. The summed E-state index contributed by atoms with van der Waals surface area (Å²) < 4.78 is 17.1. The number of nitrogens with one attached hydrogen (secondary N) is 2. The molecule has 15 heteroatoms. The Hall–Kier alpha value is -4.92. The molecule has 0 bridgehead atoms. The number of aliphatic hydroxyl groups is 1. The second kappa shape index (κ2) is 15.8. The van der Waals surface area contributed by atoms with Crippen molar-refractivity contribution in [2.24, 2.45) is 0 Å². The van der Waals surface area contributed by atoms with Gasteiger partial charge in [0.1, 0.15) is 29.5 Å². The first-order valence-corrected chi connectivity index (χ1v) is 18.1. The second-order valence-electron chi connectivity index (χ2n) is 14.8. The van der Waals surface area contributed by atoms with Crippen molar-refractivity contribution in [2.45, 2.75) is 104 Å². The van der Waals surface area contributed by atoms with Gasteiger partial charge in [-0.2, -0.15) is 4.98 Å². The molecule has 2 fully saturated rings. The first-order valence-electron chi connectivity index (χ1n) is 18.1. The van der Waals surface area contributed by atoms with E-state index in [-0.39, 0.29) is 37.3 Å². The van der Waals surface area contributed by atoms with E-state index in [4.69, 9.17) is 18.9 Å². The van der Waals surface area contributed by atoms with Gasteiger partial charge in [-0.1, -0.05) is 6.07 Å². The number of likely N-dealkylation sites (tertiary alicyclic amines) is 1. The highest BCUT2D eigenvalue weighted by Crippen LogP contribution is 2.30. The Balaban J connectivity index is 1.15. The molecule has 3 amide bonds. The molecule has 3 aliphatic rings. The van der Waals surface area contributed by atoms with Crippen molar-refractivity contribution in [3.05, 3.63) is 58.9 Å². The van der Waals surface area contributed by atoms with Crippen LogP contribution >= 0.6 is 0 Å². The van der Waals surface area contributed by atoms with Crippen molar-refractivity contribution < 1.29 is 33.4 Å². The van der Waals surface area contributed by atoms with Crippen LogP contribution in [0.3, 0.4) is 0 Å². The van der Waals surface area contributed by atoms with E-state index in [9.17, 15) is 19.5 Å². The van der Waals surface area contributed by atoms with Crippen LogP contribution in [0.1, 0.15) is 86.4 Å². The largest absolute Gasteiger partial charge is 0.486 e. The molecular formula is C37H50N8O7. The number of aromatic nitrogens is 3. The molecule has 2 aromatic heterocycles. The molecule has 2 atom stereocenters. The molecule has 2 saturated heterocycles. The van der Waals surface area contributed by atoms with Crippen LogP contribution < -0.4 is 20.3 Å². The van der Waals surface area contributed by atoms with Gasteiger partial charge in [0.25, 0.3) is 5.91 Å². The molecule has 0 unspecified atom stereocenters. The van der Waals surface area contributed by atoms with Gasteiger partial charge in [-0.15, -0.1) is 0 Å². The summed E-state index contributed by atoms with van der Waals surface area (Å²) in [5.41, 5.74) is 2.00. The summed E-state index contributed by atoms with van der Waals surface area (Å²) in [5.74, 6) is 1.88. The van der Waals surface area contributed by atoms with Gasteiger partial charge in [0.2, 0.25) is 11.9 Å². The number of rotatable bonds is 10. The summed E-state index contributed by atoms with van der Waals surface area (Å²) in [6.45, 7) is 12.0. The summed E-state index contributed by atoms with van der Waals surface area (Å²) in [4.78, 5) is 57.9. The van der Waals surface area contributed by atoms with Crippen molar-refractivity contribution in [1.82, 2.24) is 30.1 Å². The Kier molecular flexibility index (Phi) is 11.2. The van der Waals surface area contributed by atoms with E-state index in [1.807, 2.05) is 30.0 Å². The molecule has 280 valence electrons. The van der Waals surface area contributed by atoms with Crippen molar-refractivity contribution in [3.8, 4) is 5.75 Å². The third-order valence-electron chi connectivity index (χ3n) is 9.73. The number of fused-ring (bicyclic) bond motifs is 1. The van der Waals surface area contributed by atoms with E-state index >= 15 is 0 Å². The van der Waals surface area contributed by atoms with E-state index in [0.29, 0.717) is 42.8 Å². The Morgan fingerprint density at radius 2 is 1.81 bits per heavy atom. The monoisotopic (exact) mass is 718 g/mol. The van der Waals surface area contributed by atoms with Gasteiger partial charge in [-0.05, 0) is 83.1 Å². The van der Waals surface area contributed by atoms with Crippen LogP contribution in [0, 0.1) is 6.92 Å². The molecule has 0 spiro atoms. The van der Waals surface area contributed by atoms with Gasteiger partial charge in [-0.3, -0.25) is 14.5 Å². The highest BCUT2D eigenvalue weighted by Gasteiger charge is 2.37. The smallest absolute Gasteiger partial charge is 0.410 e. The molecule has 1 aromatic carbocycles. The van der Waals surface area contributed by atoms with Gasteiger partial charge in [-0.25, -0.2) is 14.8 Å². The number of benzene rings is 1. The fourth-order valence-corrected chi connectivity index (χ4v) is 6.81. The average molecular weight is 719 g/mol. The lowest BCUT2D eigenvalue weighted by molar-refractivity contribution is -0.129. The SMILES string of the molecule is CC(=O)N1CCC(Nc2cc(C(=O)NC[C@@H](O)[C@@H]3Cc4ccc(OCc5ocnc5C)cc4CN3C(=O)OC(C)(C)C)nc(N3CCCC3)n2)CC1. The lowest BCUT2D eigenvalue weighted by atomic mass is 9.91. The number of amides is 3. The van der Waals surface area contributed by atoms with Gasteiger partial charge in [0.05, 0.1) is 17.8 Å². The van der Waals surface area contributed by atoms with Crippen LogP contribution in [0.15, 0.2) is 35.1 Å². The highest BCUT2D eigenvalue weighted by molar-refractivity contribution is 5.93. The average Bonchev–Trinajstić information content (AvgIpc) is 3.80. The third-order valence-corrected chi connectivity index (χ3v) is 9.73. The number of carbonyl (C=O) groups is 3. The standard InChI is InChI=1S/C37H50N8O7/c1-23-32(51-22-39-23)21-50-28-9-8-25-17-30(45(20-26(25)16-28)36(49)52-37(3,4)5)31(47)19-38-34(48)29-18-33(42-35(41-29)44-12-6-7-13-44)40-27-10-14-43(15-11-27)24(2)46/h8-9,16,18,22,27,30-31,47H,6-7,10-15,17,19-21H2,1-5H3,(H,38,48)(H,40,41,42)/t30-,31+/m0/s1. The minimum atomic E-state index is -1.11. The zero-order chi connectivity index (χ0) is 37.0. The van der Waals surface area contributed by atoms with Gasteiger partial charge >= 0.3 is 6.09 Å². The molecule has 0 saturated carbocycles. The van der Waals surface area contributed by atoms with Crippen LogP contribution in [-0.4, -0.2) is 104 Å². The molecule has 3 N–H and O–H groups in total. The number of oxazole rings is 1. The van der Waals surface area contributed by atoms with Crippen molar-refractivity contribution >= 4 is 29.7 Å². The van der Waals surface area contributed by atoms with Crippen LogP contribution in [0.2, 0.25) is 0 Å². The Morgan fingerprint density at radius 1 is 1.06 bits per heavy atom. The topological polar surface area (TPSA) is 175 Å². The number of carbonyl (C=O) groups excluding carboxylic acids is 3.